The molecule has 1 atom stereocenters. The van der Waals surface area contributed by atoms with Crippen molar-refractivity contribution in [2.45, 2.75) is 44.3 Å². The smallest absolute Gasteiger partial charge is 0.372 e. The van der Waals surface area contributed by atoms with Crippen molar-refractivity contribution in [1.29, 1.82) is 0 Å². The summed E-state index contributed by atoms with van der Waals surface area (Å²) in [5.41, 5.74) is -4.39. The highest BCUT2D eigenvalue weighted by Gasteiger charge is 2.43. The fourth-order valence-corrected chi connectivity index (χ4v) is 4.76. The van der Waals surface area contributed by atoms with Crippen LogP contribution in [0.2, 0.25) is 0 Å². The summed E-state index contributed by atoms with van der Waals surface area (Å²) in [6.07, 6.45) is -6.19. The van der Waals surface area contributed by atoms with Crippen LogP contribution in [0.5, 0.6) is 0 Å². The molecule has 0 unspecified atom stereocenters. The monoisotopic (exact) mass is 551 g/mol. The highest BCUT2D eigenvalue weighted by molar-refractivity contribution is 5.63. The first-order chi connectivity index (χ1) is 18.4. The van der Waals surface area contributed by atoms with E-state index >= 15 is 0 Å². The van der Waals surface area contributed by atoms with Gasteiger partial charge in [0.05, 0.1) is 23.0 Å². The van der Waals surface area contributed by atoms with E-state index in [1.54, 1.807) is 31.2 Å². The molecule has 0 spiro atoms. The molecule has 2 aromatic carbocycles. The molecule has 1 aliphatic rings. The Hall–Kier alpha value is -3.71. The third-order valence-electron chi connectivity index (χ3n) is 6.79. The summed E-state index contributed by atoms with van der Waals surface area (Å²) in [4.78, 5) is 6.04. The Morgan fingerprint density at radius 1 is 0.872 bits per heavy atom. The first-order valence-electron chi connectivity index (χ1n) is 12.1. The quantitative estimate of drug-likeness (QED) is 0.294. The van der Waals surface area contributed by atoms with Crippen molar-refractivity contribution in [2.75, 3.05) is 13.1 Å². The number of piperidine rings is 1. The molecule has 0 saturated carbocycles. The van der Waals surface area contributed by atoms with Gasteiger partial charge in [0.15, 0.2) is 5.69 Å². The van der Waals surface area contributed by atoms with Crippen LogP contribution in [0.15, 0.2) is 59.3 Å². The summed E-state index contributed by atoms with van der Waals surface area (Å²) >= 11 is 0. The molecule has 2 aromatic heterocycles. The molecule has 0 aliphatic carbocycles. The number of aliphatic hydroxyl groups is 1. The van der Waals surface area contributed by atoms with Crippen LogP contribution in [-0.4, -0.2) is 43.0 Å². The van der Waals surface area contributed by atoms with Crippen LogP contribution in [0.1, 0.15) is 43.0 Å². The Kier molecular flexibility index (Phi) is 6.75. The molecule has 0 radical (unpaired) electrons. The van der Waals surface area contributed by atoms with Gasteiger partial charge in [-0.15, -0.1) is 0 Å². The number of rotatable bonds is 5. The molecule has 0 amide bonds. The molecule has 4 aromatic rings. The van der Waals surface area contributed by atoms with E-state index in [9.17, 15) is 31.4 Å². The average molecular weight is 551 g/mol. The number of halogens is 6. The first kappa shape index (κ1) is 26.9. The normalized spacial score (nSPS) is 16.8. The second-order valence-electron chi connectivity index (χ2n) is 9.40. The van der Waals surface area contributed by atoms with Crippen LogP contribution in [-0.2, 0) is 18.1 Å². The van der Waals surface area contributed by atoms with E-state index in [1.165, 1.54) is 6.07 Å². The van der Waals surface area contributed by atoms with Crippen molar-refractivity contribution < 1.29 is 36.0 Å². The number of alkyl halides is 6. The van der Waals surface area contributed by atoms with E-state index in [1.807, 2.05) is 4.90 Å². The highest BCUT2D eigenvalue weighted by atomic mass is 19.4. The van der Waals surface area contributed by atoms with Crippen molar-refractivity contribution >= 4 is 0 Å². The van der Waals surface area contributed by atoms with Crippen molar-refractivity contribution in [3.8, 4) is 28.5 Å². The molecule has 206 valence electrons. The molecule has 1 fully saturated rings. The lowest BCUT2D eigenvalue weighted by Crippen LogP contribution is -2.46. The highest BCUT2D eigenvalue weighted by Crippen LogP contribution is 2.41. The molecule has 3 heterocycles. The molecule has 1 aliphatic heterocycles. The van der Waals surface area contributed by atoms with Gasteiger partial charge in [0.25, 0.3) is 5.89 Å². The van der Waals surface area contributed by atoms with Gasteiger partial charge in [-0.2, -0.15) is 36.4 Å². The molecule has 5 rings (SSSR count). The third-order valence-corrected chi connectivity index (χ3v) is 6.79. The number of benzene rings is 2. The van der Waals surface area contributed by atoms with Gasteiger partial charge >= 0.3 is 12.4 Å². The Bertz CT molecular complexity index is 1450. The molecular formula is C26H23F6N5O2. The van der Waals surface area contributed by atoms with Crippen molar-refractivity contribution in [2.24, 2.45) is 0 Å². The van der Waals surface area contributed by atoms with E-state index in [2.05, 4.69) is 15.2 Å². The van der Waals surface area contributed by atoms with Crippen molar-refractivity contribution in [3.63, 3.8) is 0 Å². The summed E-state index contributed by atoms with van der Waals surface area (Å²) in [6, 6.07) is 10.4. The lowest BCUT2D eigenvalue weighted by Gasteiger charge is -2.39. The minimum absolute atomic E-state index is 0.0364. The Morgan fingerprint density at radius 3 is 2.18 bits per heavy atom. The topological polar surface area (TPSA) is 80.2 Å². The summed E-state index contributed by atoms with van der Waals surface area (Å²) in [5.74, 6) is -0.594. The third kappa shape index (κ3) is 5.15. The van der Waals surface area contributed by atoms with Crippen LogP contribution in [0.4, 0.5) is 26.3 Å². The van der Waals surface area contributed by atoms with Gasteiger partial charge in [-0.25, -0.2) is 4.68 Å². The van der Waals surface area contributed by atoms with Crippen LogP contribution in [0.3, 0.4) is 0 Å². The number of likely N-dealkylation sites (tertiary alicyclic amines) is 1. The Labute approximate surface area is 218 Å². The minimum atomic E-state index is -5.10. The van der Waals surface area contributed by atoms with Gasteiger partial charge in [-0.1, -0.05) is 48.0 Å². The van der Waals surface area contributed by atoms with Gasteiger partial charge in [-0.05, 0) is 37.5 Å². The van der Waals surface area contributed by atoms with E-state index in [-0.39, 0.29) is 10.5 Å². The van der Waals surface area contributed by atoms with Crippen LogP contribution < -0.4 is 0 Å². The number of hydrogen-bond acceptors (Lipinski definition) is 6. The van der Waals surface area contributed by atoms with Gasteiger partial charge in [0.2, 0.25) is 5.82 Å². The molecular weight excluding hydrogens is 528 g/mol. The van der Waals surface area contributed by atoms with Crippen molar-refractivity contribution in [1.82, 2.24) is 24.8 Å². The van der Waals surface area contributed by atoms with Crippen molar-refractivity contribution in [3.05, 3.63) is 71.5 Å². The maximum absolute atomic E-state index is 14.1. The molecule has 1 N–H and O–H groups in total. The molecule has 39 heavy (non-hydrogen) atoms. The predicted molar refractivity (Wildman–Crippen MR) is 127 cm³/mol. The van der Waals surface area contributed by atoms with E-state index < -0.39 is 46.5 Å². The zero-order chi connectivity index (χ0) is 28.0. The maximum atomic E-state index is 14.1. The maximum Gasteiger partial charge on any atom is 0.434 e. The van der Waals surface area contributed by atoms with Gasteiger partial charge in [0.1, 0.15) is 5.72 Å². The molecule has 1 saturated heterocycles. The Balaban J connectivity index is 1.49. The van der Waals surface area contributed by atoms with Crippen LogP contribution in [0.25, 0.3) is 28.5 Å². The second kappa shape index (κ2) is 9.79. The van der Waals surface area contributed by atoms with Gasteiger partial charge < -0.3 is 9.63 Å². The summed E-state index contributed by atoms with van der Waals surface area (Å²) in [7, 11) is 0. The molecule has 13 heteroatoms. The SMILES string of the molecule is C[C@@](O)(c1ccc(-c2noc(-c3cnn(-c4ccccc4C(F)(F)F)c3C(F)(F)F)n2)cc1)N1CCCCC1. The first-order valence-corrected chi connectivity index (χ1v) is 12.1. The number of aromatic nitrogens is 4. The predicted octanol–water partition coefficient (Wildman–Crippen LogP) is 6.28. The molecule has 7 nitrogen and oxygen atoms in total. The van der Waals surface area contributed by atoms with E-state index in [0.717, 1.165) is 50.7 Å². The lowest BCUT2D eigenvalue weighted by molar-refractivity contribution is -0.144. The Morgan fingerprint density at radius 2 is 1.54 bits per heavy atom. The number of hydrogen-bond donors (Lipinski definition) is 1. The van der Waals surface area contributed by atoms with E-state index in [4.69, 9.17) is 4.52 Å². The number of nitrogens with zero attached hydrogens (tertiary/aromatic N) is 5. The van der Waals surface area contributed by atoms with Crippen LogP contribution in [0, 0.1) is 0 Å². The fourth-order valence-electron chi connectivity index (χ4n) is 4.76. The lowest BCUT2D eigenvalue weighted by atomic mass is 9.98. The second-order valence-corrected chi connectivity index (χ2v) is 9.40. The average Bonchev–Trinajstić information content (AvgIpc) is 3.56. The minimum Gasteiger partial charge on any atom is -0.372 e. The summed E-state index contributed by atoms with van der Waals surface area (Å²) in [5, 5.41) is 18.5. The molecule has 0 bridgehead atoms. The number of para-hydroxylation sites is 1. The standard InChI is InChI=1S/C26H23F6N5O2/c1-24(38,36-13-5-2-6-14-36)17-11-9-16(10-12-17)22-34-23(39-35-22)18-15-33-37(21(18)26(30,31)32)20-8-4-3-7-19(20)25(27,28)29/h3-4,7-12,15,38H,2,5-6,13-14H2,1H3/t24-/m1/s1. The van der Waals surface area contributed by atoms with Crippen LogP contribution >= 0.6 is 0 Å². The van der Waals surface area contributed by atoms with Gasteiger partial charge in [-0.3, -0.25) is 4.90 Å². The fraction of sp³-hybridized carbons (Fsp3) is 0.346. The zero-order valence-electron chi connectivity index (χ0n) is 20.6. The summed E-state index contributed by atoms with van der Waals surface area (Å²) in [6.45, 7) is 3.21. The zero-order valence-corrected chi connectivity index (χ0v) is 20.6. The van der Waals surface area contributed by atoms with Gasteiger partial charge in [0, 0.05) is 18.7 Å². The summed E-state index contributed by atoms with van der Waals surface area (Å²) < 4.78 is 88.2. The largest absolute Gasteiger partial charge is 0.434 e. The van der Waals surface area contributed by atoms with E-state index in [0.29, 0.717) is 17.2 Å².